The van der Waals surface area contributed by atoms with E-state index in [9.17, 15) is 23.5 Å². The van der Waals surface area contributed by atoms with Gasteiger partial charge in [0.25, 0.3) is 5.91 Å². The number of aliphatic carboxylic acids is 1. The highest BCUT2D eigenvalue weighted by Crippen LogP contribution is 2.42. The third-order valence-electron chi connectivity index (χ3n) is 4.73. The second-order valence-corrected chi connectivity index (χ2v) is 6.12. The zero-order valence-corrected chi connectivity index (χ0v) is 12.8. The van der Waals surface area contributed by atoms with Crippen LogP contribution in [-0.4, -0.2) is 54.8 Å². The average Bonchev–Trinajstić information content (AvgIpc) is 2.95. The Bertz CT molecular complexity index is 668. The maximum absolute atomic E-state index is 13.5. The predicted octanol–water partition coefficient (Wildman–Crippen LogP) is 1.29. The minimum atomic E-state index is -0.991. The Hall–Kier alpha value is -2.22. The molecular weight excluding hydrogens is 324 g/mol. The molecule has 2 fully saturated rings. The van der Waals surface area contributed by atoms with Crippen molar-refractivity contribution in [3.63, 3.8) is 0 Å². The van der Waals surface area contributed by atoms with Crippen LogP contribution >= 0.6 is 0 Å². The van der Waals surface area contributed by atoms with E-state index in [0.29, 0.717) is 25.7 Å². The molecule has 0 saturated carbocycles. The first-order chi connectivity index (χ1) is 11.4. The van der Waals surface area contributed by atoms with Gasteiger partial charge in [-0.15, -0.1) is 0 Å². The third-order valence-corrected chi connectivity index (χ3v) is 4.73. The summed E-state index contributed by atoms with van der Waals surface area (Å²) in [5.74, 6) is -3.50. The van der Waals surface area contributed by atoms with Gasteiger partial charge in [-0.25, -0.2) is 8.78 Å². The molecule has 8 heteroatoms. The summed E-state index contributed by atoms with van der Waals surface area (Å²) in [6, 6.07) is 2.80. The van der Waals surface area contributed by atoms with Crippen LogP contribution in [0.3, 0.4) is 0 Å². The molecule has 3 rings (SSSR count). The summed E-state index contributed by atoms with van der Waals surface area (Å²) in [6.07, 6.45) is 0.351. The molecule has 0 bridgehead atoms. The fraction of sp³-hybridized carbons (Fsp3) is 0.500. The second-order valence-electron chi connectivity index (χ2n) is 6.12. The lowest BCUT2D eigenvalue weighted by molar-refractivity contribution is -0.157. The Kier molecular flexibility index (Phi) is 4.40. The van der Waals surface area contributed by atoms with Crippen LogP contribution in [0.4, 0.5) is 8.78 Å². The van der Waals surface area contributed by atoms with E-state index in [0.717, 1.165) is 12.1 Å². The highest BCUT2D eigenvalue weighted by Gasteiger charge is 2.54. The van der Waals surface area contributed by atoms with Crippen LogP contribution in [0.25, 0.3) is 0 Å². The van der Waals surface area contributed by atoms with Crippen LogP contribution in [0, 0.1) is 23.0 Å². The normalized spacial score (nSPS) is 26.1. The standard InChI is InChI=1S/C16H17F2NO5/c17-11-1-2-13(12(18)5-11)24-8-14(20)19-6-10-7-23-4-3-16(10,9-19)15(21)22/h1-2,5,10H,3-4,6-9H2,(H,21,22)/t10-,16+/m0/s1. The molecule has 0 unspecified atom stereocenters. The number of carboxylic acid groups (broad SMARTS) is 1. The SMILES string of the molecule is O=C(COc1ccc(F)cc1F)N1C[C@H]2COCC[C@@]2(C(=O)O)C1. The van der Waals surface area contributed by atoms with Crippen LogP contribution in [0.2, 0.25) is 0 Å². The molecule has 1 aromatic rings. The molecule has 2 aliphatic heterocycles. The minimum absolute atomic E-state index is 0.0878. The second kappa shape index (κ2) is 6.35. The van der Waals surface area contributed by atoms with Crippen LogP contribution in [-0.2, 0) is 14.3 Å². The number of hydrogen-bond donors (Lipinski definition) is 1. The van der Waals surface area contributed by atoms with Crippen molar-refractivity contribution in [3.8, 4) is 5.75 Å². The number of likely N-dealkylation sites (tertiary alicyclic amines) is 1. The Balaban J connectivity index is 1.65. The van der Waals surface area contributed by atoms with Crippen LogP contribution < -0.4 is 4.74 Å². The molecule has 0 spiro atoms. The Morgan fingerprint density at radius 2 is 2.21 bits per heavy atom. The minimum Gasteiger partial charge on any atom is -0.481 e. The van der Waals surface area contributed by atoms with Crippen LogP contribution in [0.5, 0.6) is 5.75 Å². The van der Waals surface area contributed by atoms with Crippen molar-refractivity contribution < 1.29 is 33.0 Å². The van der Waals surface area contributed by atoms with Gasteiger partial charge in [0.05, 0.1) is 12.0 Å². The van der Waals surface area contributed by atoms with E-state index in [2.05, 4.69) is 0 Å². The molecule has 0 aliphatic carbocycles. The van der Waals surface area contributed by atoms with Gasteiger partial charge in [-0.1, -0.05) is 0 Å². The fourth-order valence-corrected chi connectivity index (χ4v) is 3.31. The smallest absolute Gasteiger partial charge is 0.311 e. The Morgan fingerprint density at radius 3 is 2.88 bits per heavy atom. The van der Waals surface area contributed by atoms with Crippen molar-refractivity contribution in [3.05, 3.63) is 29.8 Å². The van der Waals surface area contributed by atoms with Crippen molar-refractivity contribution in [1.29, 1.82) is 0 Å². The Morgan fingerprint density at radius 1 is 1.42 bits per heavy atom. The summed E-state index contributed by atoms with van der Waals surface area (Å²) in [6.45, 7) is 0.558. The maximum Gasteiger partial charge on any atom is 0.311 e. The zero-order chi connectivity index (χ0) is 17.3. The summed E-state index contributed by atoms with van der Waals surface area (Å²) >= 11 is 0. The average molecular weight is 341 g/mol. The van der Waals surface area contributed by atoms with E-state index in [4.69, 9.17) is 9.47 Å². The van der Waals surface area contributed by atoms with Crippen molar-refractivity contribution in [2.24, 2.45) is 11.3 Å². The molecular formula is C16H17F2NO5. The quantitative estimate of drug-likeness (QED) is 0.893. The number of amides is 1. The molecule has 1 aromatic carbocycles. The third kappa shape index (κ3) is 2.93. The number of hydrogen-bond acceptors (Lipinski definition) is 4. The van der Waals surface area contributed by atoms with Gasteiger partial charge in [0.2, 0.25) is 0 Å². The summed E-state index contributed by atoms with van der Waals surface area (Å²) in [4.78, 5) is 25.4. The lowest BCUT2D eigenvalue weighted by atomic mass is 9.74. The van der Waals surface area contributed by atoms with E-state index in [1.165, 1.54) is 4.90 Å². The van der Waals surface area contributed by atoms with Gasteiger partial charge >= 0.3 is 5.97 Å². The van der Waals surface area contributed by atoms with Crippen molar-refractivity contribution in [2.75, 3.05) is 32.9 Å². The van der Waals surface area contributed by atoms with E-state index in [1.807, 2.05) is 0 Å². The van der Waals surface area contributed by atoms with E-state index < -0.39 is 35.5 Å². The van der Waals surface area contributed by atoms with Gasteiger partial charge in [-0.3, -0.25) is 9.59 Å². The number of benzene rings is 1. The van der Waals surface area contributed by atoms with Gasteiger partial charge in [-0.2, -0.15) is 0 Å². The van der Waals surface area contributed by atoms with Crippen LogP contribution in [0.15, 0.2) is 18.2 Å². The number of ether oxygens (including phenoxy) is 2. The molecule has 1 amide bonds. The van der Waals surface area contributed by atoms with E-state index in [1.54, 1.807) is 0 Å². The Labute approximate surface area is 137 Å². The lowest BCUT2D eigenvalue weighted by Gasteiger charge is -2.33. The van der Waals surface area contributed by atoms with Gasteiger partial charge in [0.1, 0.15) is 5.82 Å². The fourth-order valence-electron chi connectivity index (χ4n) is 3.31. The first kappa shape index (κ1) is 16.6. The molecule has 2 atom stereocenters. The van der Waals surface area contributed by atoms with Crippen molar-refractivity contribution in [2.45, 2.75) is 6.42 Å². The largest absolute Gasteiger partial charge is 0.481 e. The molecule has 6 nitrogen and oxygen atoms in total. The molecule has 130 valence electrons. The number of fused-ring (bicyclic) bond motifs is 1. The number of rotatable bonds is 4. The highest BCUT2D eigenvalue weighted by atomic mass is 19.1. The summed E-state index contributed by atoms with van der Waals surface area (Å²) < 4.78 is 36.8. The summed E-state index contributed by atoms with van der Waals surface area (Å²) in [5, 5.41) is 9.56. The summed E-state index contributed by atoms with van der Waals surface area (Å²) in [5.41, 5.74) is -0.991. The first-order valence-electron chi connectivity index (χ1n) is 7.59. The van der Waals surface area contributed by atoms with Gasteiger partial charge in [0, 0.05) is 31.7 Å². The lowest BCUT2D eigenvalue weighted by Crippen LogP contribution is -2.45. The van der Waals surface area contributed by atoms with Gasteiger partial charge in [0.15, 0.2) is 18.2 Å². The predicted molar refractivity (Wildman–Crippen MR) is 77.4 cm³/mol. The molecule has 0 aromatic heterocycles. The van der Waals surface area contributed by atoms with E-state index in [-0.39, 0.29) is 24.8 Å². The number of carbonyl (C=O) groups excluding carboxylic acids is 1. The molecule has 2 saturated heterocycles. The first-order valence-corrected chi connectivity index (χ1v) is 7.59. The number of halogens is 2. The summed E-state index contributed by atoms with van der Waals surface area (Å²) in [7, 11) is 0. The van der Waals surface area contributed by atoms with E-state index >= 15 is 0 Å². The molecule has 0 radical (unpaired) electrons. The number of nitrogens with zero attached hydrogens (tertiary/aromatic N) is 1. The zero-order valence-electron chi connectivity index (χ0n) is 12.8. The van der Waals surface area contributed by atoms with Gasteiger partial charge < -0.3 is 19.5 Å². The number of carboxylic acids is 1. The van der Waals surface area contributed by atoms with Crippen molar-refractivity contribution >= 4 is 11.9 Å². The van der Waals surface area contributed by atoms with Crippen molar-refractivity contribution in [1.82, 2.24) is 4.90 Å². The highest BCUT2D eigenvalue weighted by molar-refractivity contribution is 5.82. The molecule has 24 heavy (non-hydrogen) atoms. The van der Waals surface area contributed by atoms with Gasteiger partial charge in [-0.05, 0) is 18.6 Å². The molecule has 2 aliphatic rings. The topological polar surface area (TPSA) is 76.1 Å². The molecule has 1 N–H and O–H groups in total. The number of carbonyl (C=O) groups is 2. The molecule has 2 heterocycles. The maximum atomic E-state index is 13.5. The monoisotopic (exact) mass is 341 g/mol. The van der Waals surface area contributed by atoms with Crippen LogP contribution in [0.1, 0.15) is 6.42 Å².